The average Bonchev–Trinajstić information content (AvgIpc) is 2.79. The second kappa shape index (κ2) is 12.2. The molecule has 0 aromatic carbocycles. The Labute approximate surface area is 212 Å². The van der Waals surface area contributed by atoms with Crippen molar-refractivity contribution >= 4 is 18.0 Å². The zero-order chi connectivity index (χ0) is 26.3. The zero-order valence-electron chi connectivity index (χ0n) is 21.5. The number of hydrogen-bond acceptors (Lipinski definition) is 8. The Hall–Kier alpha value is -2.43. The standard InChI is InChI=1S/C26H40N2O8/c1-18(2)22(29)34-7-5-27-24(31)36-16-26-12-20-9-21(13-26)11-25(10-20,14-26)15-33-17-28(32)6-8-35-23(30)19(3)4/h20-21,28H,1,3,5-17H2,2,4H3,(H,27,31). The van der Waals surface area contributed by atoms with Gasteiger partial charge in [-0.3, -0.25) is 0 Å². The van der Waals surface area contributed by atoms with Crippen molar-refractivity contribution in [3.63, 3.8) is 0 Å². The van der Waals surface area contributed by atoms with E-state index < -0.39 is 18.0 Å². The largest absolute Gasteiger partial charge is 0.633 e. The first kappa shape index (κ1) is 28.1. The van der Waals surface area contributed by atoms with Crippen LogP contribution >= 0.6 is 0 Å². The maximum Gasteiger partial charge on any atom is 0.407 e. The fourth-order valence-corrected chi connectivity index (χ4v) is 6.51. The number of esters is 2. The summed E-state index contributed by atoms with van der Waals surface area (Å²) in [5.74, 6) is 0.185. The fourth-order valence-electron chi connectivity index (χ4n) is 6.51. The highest BCUT2D eigenvalue weighted by Gasteiger charge is 2.58. The van der Waals surface area contributed by atoms with Crippen LogP contribution in [0.25, 0.3) is 0 Å². The number of amides is 1. The Bertz CT molecular complexity index is 843. The Morgan fingerprint density at radius 3 is 2.06 bits per heavy atom. The molecule has 10 nitrogen and oxygen atoms in total. The number of quaternary nitrogens is 1. The third-order valence-electron chi connectivity index (χ3n) is 7.40. The quantitative estimate of drug-likeness (QED) is 0.0909. The third-order valence-corrected chi connectivity index (χ3v) is 7.40. The zero-order valence-corrected chi connectivity index (χ0v) is 21.5. The summed E-state index contributed by atoms with van der Waals surface area (Å²) in [5.41, 5.74) is 0.566. The van der Waals surface area contributed by atoms with E-state index in [-0.39, 0.29) is 48.9 Å². The lowest BCUT2D eigenvalue weighted by Crippen LogP contribution is -3.08. The highest BCUT2D eigenvalue weighted by molar-refractivity contribution is 5.87. The topological polar surface area (TPSA) is 128 Å². The first-order chi connectivity index (χ1) is 17.0. The van der Waals surface area contributed by atoms with Gasteiger partial charge in [0.2, 0.25) is 0 Å². The highest BCUT2D eigenvalue weighted by atomic mass is 16.6. The van der Waals surface area contributed by atoms with Gasteiger partial charge < -0.3 is 34.5 Å². The molecule has 0 aromatic rings. The van der Waals surface area contributed by atoms with Gasteiger partial charge in [0, 0.05) is 16.6 Å². The minimum atomic E-state index is -0.514. The van der Waals surface area contributed by atoms with Gasteiger partial charge in [0.1, 0.15) is 19.8 Å². The van der Waals surface area contributed by atoms with Gasteiger partial charge in [-0.15, -0.1) is 0 Å². The summed E-state index contributed by atoms with van der Waals surface area (Å²) in [6.45, 7) is 11.4. The van der Waals surface area contributed by atoms with E-state index in [9.17, 15) is 19.6 Å². The molecule has 10 heteroatoms. The Balaban J connectivity index is 1.41. The van der Waals surface area contributed by atoms with Gasteiger partial charge in [-0.2, -0.15) is 0 Å². The van der Waals surface area contributed by atoms with Crippen LogP contribution in [0.5, 0.6) is 0 Å². The lowest BCUT2D eigenvalue weighted by Gasteiger charge is -2.61. The van der Waals surface area contributed by atoms with E-state index in [4.69, 9.17) is 18.9 Å². The van der Waals surface area contributed by atoms with E-state index in [0.717, 1.165) is 32.1 Å². The normalized spacial score (nSPS) is 28.8. The summed E-state index contributed by atoms with van der Waals surface area (Å²) in [5, 5.41) is 14.7. The van der Waals surface area contributed by atoms with Gasteiger partial charge >= 0.3 is 18.0 Å². The van der Waals surface area contributed by atoms with E-state index in [1.807, 2.05) is 0 Å². The van der Waals surface area contributed by atoms with Crippen LogP contribution in [-0.2, 0) is 28.5 Å². The summed E-state index contributed by atoms with van der Waals surface area (Å²) in [6, 6.07) is 0. The number of hydrogen-bond donors (Lipinski definition) is 2. The molecule has 4 aliphatic carbocycles. The first-order valence-electron chi connectivity index (χ1n) is 12.7. The molecule has 4 fully saturated rings. The molecule has 36 heavy (non-hydrogen) atoms. The van der Waals surface area contributed by atoms with E-state index in [1.165, 1.54) is 6.42 Å². The number of ether oxygens (including phenoxy) is 4. The molecule has 0 spiro atoms. The van der Waals surface area contributed by atoms with Gasteiger partial charge in [-0.1, -0.05) is 13.2 Å². The van der Waals surface area contributed by atoms with Crippen molar-refractivity contribution < 1.29 is 38.4 Å². The van der Waals surface area contributed by atoms with Crippen molar-refractivity contribution in [3.8, 4) is 0 Å². The molecule has 2 N–H and O–H groups in total. The smallest absolute Gasteiger partial charge is 0.407 e. The summed E-state index contributed by atoms with van der Waals surface area (Å²) >= 11 is 0. The van der Waals surface area contributed by atoms with Crippen LogP contribution in [0, 0.1) is 27.9 Å². The Morgan fingerprint density at radius 1 is 0.917 bits per heavy atom. The van der Waals surface area contributed by atoms with Gasteiger partial charge in [-0.25, -0.2) is 14.4 Å². The summed E-state index contributed by atoms with van der Waals surface area (Å²) in [6.07, 6.45) is 5.85. The van der Waals surface area contributed by atoms with Crippen LogP contribution in [0.4, 0.5) is 4.79 Å². The fraction of sp³-hybridized carbons (Fsp3) is 0.731. The molecule has 4 aliphatic rings. The monoisotopic (exact) mass is 508 g/mol. The third kappa shape index (κ3) is 7.78. The molecular weight excluding hydrogens is 468 g/mol. The van der Waals surface area contributed by atoms with Crippen molar-refractivity contribution in [1.82, 2.24) is 5.32 Å². The van der Waals surface area contributed by atoms with Crippen molar-refractivity contribution in [2.75, 3.05) is 46.2 Å². The van der Waals surface area contributed by atoms with Gasteiger partial charge in [-0.05, 0) is 69.6 Å². The van der Waals surface area contributed by atoms with Gasteiger partial charge in [0.05, 0.1) is 19.8 Å². The minimum absolute atomic E-state index is 0.00354. The number of rotatable bonds is 14. The van der Waals surface area contributed by atoms with E-state index in [2.05, 4.69) is 18.5 Å². The van der Waals surface area contributed by atoms with Crippen molar-refractivity contribution in [2.45, 2.75) is 52.4 Å². The molecule has 4 saturated carbocycles. The van der Waals surface area contributed by atoms with Gasteiger partial charge in [0.25, 0.3) is 0 Å². The number of nitrogens with one attached hydrogen (secondary N) is 2. The number of carbonyl (C=O) groups excluding carboxylic acids is 3. The second-order valence-corrected chi connectivity index (χ2v) is 11.1. The van der Waals surface area contributed by atoms with Gasteiger partial charge in [0.15, 0.2) is 6.73 Å². The van der Waals surface area contributed by atoms with E-state index >= 15 is 0 Å². The lowest BCUT2D eigenvalue weighted by atomic mass is 9.44. The van der Waals surface area contributed by atoms with E-state index in [0.29, 0.717) is 36.2 Å². The molecule has 0 heterocycles. The number of hydroxylamine groups is 2. The number of alkyl carbamates (subject to hydrolysis) is 1. The van der Waals surface area contributed by atoms with Crippen LogP contribution in [0.3, 0.4) is 0 Å². The second-order valence-electron chi connectivity index (χ2n) is 11.1. The number of carbonyl (C=O) groups is 3. The maximum absolute atomic E-state index is 12.2. The molecule has 3 unspecified atom stereocenters. The van der Waals surface area contributed by atoms with Crippen LogP contribution in [0.1, 0.15) is 52.4 Å². The minimum Gasteiger partial charge on any atom is -0.633 e. The lowest BCUT2D eigenvalue weighted by molar-refractivity contribution is -0.870. The van der Waals surface area contributed by atoms with Crippen LogP contribution in [0.15, 0.2) is 24.3 Å². The predicted octanol–water partition coefficient (Wildman–Crippen LogP) is 1.89. The van der Waals surface area contributed by atoms with E-state index in [1.54, 1.807) is 13.8 Å². The van der Waals surface area contributed by atoms with Crippen molar-refractivity contribution in [3.05, 3.63) is 29.5 Å². The molecule has 0 radical (unpaired) electrons. The average molecular weight is 509 g/mol. The first-order valence-corrected chi connectivity index (χ1v) is 12.7. The summed E-state index contributed by atoms with van der Waals surface area (Å²) in [7, 11) is 0. The molecule has 4 bridgehead atoms. The molecule has 0 aliphatic heterocycles. The predicted molar refractivity (Wildman–Crippen MR) is 130 cm³/mol. The summed E-state index contributed by atoms with van der Waals surface area (Å²) in [4.78, 5) is 35.0. The van der Waals surface area contributed by atoms with Crippen LogP contribution < -0.4 is 10.4 Å². The molecule has 3 atom stereocenters. The molecule has 4 rings (SSSR count). The maximum atomic E-state index is 12.2. The highest BCUT2D eigenvalue weighted by Crippen LogP contribution is 2.65. The molecule has 0 saturated heterocycles. The molecule has 1 amide bonds. The molecular formula is C26H40N2O8. The van der Waals surface area contributed by atoms with Crippen molar-refractivity contribution in [1.29, 1.82) is 0 Å². The van der Waals surface area contributed by atoms with Crippen LogP contribution in [-0.4, -0.2) is 64.3 Å². The Kier molecular flexibility index (Phi) is 9.54. The molecule has 0 aromatic heterocycles. The van der Waals surface area contributed by atoms with Crippen LogP contribution in [0.2, 0.25) is 0 Å². The Morgan fingerprint density at radius 2 is 1.47 bits per heavy atom. The summed E-state index contributed by atoms with van der Waals surface area (Å²) < 4.78 is 21.4. The molecule has 202 valence electrons. The SMILES string of the molecule is C=C(C)C(=O)OCCNC(=O)OCC12CC3CC(CC(COC[NH+]([O-])CCOC(=O)C(=C)C)(C3)C1)C2. The van der Waals surface area contributed by atoms with Crippen molar-refractivity contribution in [2.24, 2.45) is 22.7 Å².